The number of rotatable bonds is 8. The summed E-state index contributed by atoms with van der Waals surface area (Å²) in [4.78, 5) is 13.0. The molecule has 31 heavy (non-hydrogen) atoms. The highest BCUT2D eigenvalue weighted by atomic mass is 16.1. The first-order valence-electron chi connectivity index (χ1n) is 10.5. The van der Waals surface area contributed by atoms with Crippen molar-refractivity contribution < 1.29 is 4.79 Å². The average Bonchev–Trinajstić information content (AvgIpc) is 3.42. The fourth-order valence-corrected chi connectivity index (χ4v) is 3.48. The van der Waals surface area contributed by atoms with E-state index in [4.69, 9.17) is 5.10 Å². The summed E-state index contributed by atoms with van der Waals surface area (Å²) in [5.74, 6) is 0.721. The molecule has 2 aromatic heterocycles. The summed E-state index contributed by atoms with van der Waals surface area (Å²) in [6.07, 6.45) is 4.16. The number of carbonyl (C=O) groups excluding carboxylic acids is 1. The van der Waals surface area contributed by atoms with Gasteiger partial charge in [-0.15, -0.1) is 10.2 Å². The molecule has 0 spiro atoms. The Hall–Kier alpha value is -3.74. The minimum Gasteiger partial charge on any atom is -0.351 e. The van der Waals surface area contributed by atoms with Gasteiger partial charge in [-0.1, -0.05) is 60.2 Å². The SMILES string of the molecule is CCn1cnnc1CCNC(=O)c1cn(Cc2ccccc2)nc1-c1ccc(C)cc1. The van der Waals surface area contributed by atoms with E-state index in [0.717, 1.165) is 23.5 Å². The molecule has 0 aliphatic heterocycles. The minimum absolute atomic E-state index is 0.141. The molecule has 7 heteroatoms. The van der Waals surface area contributed by atoms with Gasteiger partial charge in [-0.25, -0.2) is 0 Å². The first-order valence-corrected chi connectivity index (χ1v) is 10.5. The van der Waals surface area contributed by atoms with Crippen LogP contribution in [0.1, 0.15) is 34.2 Å². The van der Waals surface area contributed by atoms with Crippen molar-refractivity contribution >= 4 is 5.91 Å². The van der Waals surface area contributed by atoms with Crippen molar-refractivity contribution in [3.63, 3.8) is 0 Å². The fourth-order valence-electron chi connectivity index (χ4n) is 3.48. The summed E-state index contributed by atoms with van der Waals surface area (Å²) in [6, 6.07) is 18.2. The number of amides is 1. The Kier molecular flexibility index (Phi) is 6.21. The molecule has 7 nitrogen and oxygen atoms in total. The van der Waals surface area contributed by atoms with Gasteiger partial charge in [0.15, 0.2) is 0 Å². The molecule has 0 fully saturated rings. The van der Waals surface area contributed by atoms with E-state index in [0.29, 0.717) is 30.8 Å². The number of hydrogen-bond donors (Lipinski definition) is 1. The minimum atomic E-state index is -0.141. The van der Waals surface area contributed by atoms with Crippen LogP contribution in [0.25, 0.3) is 11.3 Å². The first-order chi connectivity index (χ1) is 15.1. The highest BCUT2D eigenvalue weighted by molar-refractivity contribution is 5.99. The molecule has 0 atom stereocenters. The average molecular weight is 415 g/mol. The van der Waals surface area contributed by atoms with Crippen molar-refractivity contribution in [2.24, 2.45) is 0 Å². The standard InChI is InChI=1S/C24H26N6O/c1-3-29-17-26-27-22(29)13-14-25-24(31)21-16-30(15-19-7-5-4-6-8-19)28-23(21)20-11-9-18(2)10-12-20/h4-12,16-17H,3,13-15H2,1-2H3,(H,25,31). The summed E-state index contributed by atoms with van der Waals surface area (Å²) in [5.41, 5.74) is 4.47. The second-order valence-corrected chi connectivity index (χ2v) is 7.48. The molecule has 0 aliphatic carbocycles. The Morgan fingerprint density at radius 3 is 2.58 bits per heavy atom. The molecule has 158 valence electrons. The number of carbonyl (C=O) groups is 1. The summed E-state index contributed by atoms with van der Waals surface area (Å²) in [5, 5.41) is 15.8. The molecular formula is C24H26N6O. The van der Waals surface area contributed by atoms with Gasteiger partial charge in [0.25, 0.3) is 5.91 Å². The topological polar surface area (TPSA) is 77.6 Å². The Labute approximate surface area is 181 Å². The van der Waals surface area contributed by atoms with Gasteiger partial charge in [-0.05, 0) is 19.4 Å². The summed E-state index contributed by atoms with van der Waals surface area (Å²) in [7, 11) is 0. The van der Waals surface area contributed by atoms with E-state index in [1.165, 1.54) is 5.56 Å². The third kappa shape index (κ3) is 4.88. The highest BCUT2D eigenvalue weighted by Gasteiger charge is 2.18. The van der Waals surface area contributed by atoms with Crippen LogP contribution in [-0.2, 0) is 19.5 Å². The van der Waals surface area contributed by atoms with E-state index in [2.05, 4.69) is 27.6 Å². The van der Waals surface area contributed by atoms with Gasteiger partial charge >= 0.3 is 0 Å². The molecule has 0 saturated carbocycles. The van der Waals surface area contributed by atoms with Crippen molar-refractivity contribution in [1.29, 1.82) is 0 Å². The molecule has 2 heterocycles. The second-order valence-electron chi connectivity index (χ2n) is 7.48. The molecule has 1 amide bonds. The van der Waals surface area contributed by atoms with Gasteiger partial charge in [0, 0.05) is 31.3 Å². The van der Waals surface area contributed by atoms with Crippen molar-refractivity contribution in [2.75, 3.05) is 6.54 Å². The number of benzene rings is 2. The Morgan fingerprint density at radius 2 is 1.84 bits per heavy atom. The molecule has 1 N–H and O–H groups in total. The van der Waals surface area contributed by atoms with Crippen LogP contribution in [0.5, 0.6) is 0 Å². The van der Waals surface area contributed by atoms with Crippen LogP contribution in [0.4, 0.5) is 0 Å². The molecule has 4 aromatic rings. The predicted molar refractivity (Wildman–Crippen MR) is 120 cm³/mol. The monoisotopic (exact) mass is 414 g/mol. The van der Waals surface area contributed by atoms with Crippen LogP contribution >= 0.6 is 0 Å². The molecule has 2 aromatic carbocycles. The van der Waals surface area contributed by atoms with Gasteiger partial charge in [0.05, 0.1) is 12.1 Å². The van der Waals surface area contributed by atoms with Crippen LogP contribution in [0.2, 0.25) is 0 Å². The number of aryl methyl sites for hydroxylation is 2. The Balaban J connectivity index is 1.55. The molecular weight excluding hydrogens is 388 g/mol. The van der Waals surface area contributed by atoms with E-state index in [1.807, 2.05) is 71.8 Å². The second kappa shape index (κ2) is 9.38. The Bertz CT molecular complexity index is 1140. The lowest BCUT2D eigenvalue weighted by atomic mass is 10.1. The first kappa shape index (κ1) is 20.5. The van der Waals surface area contributed by atoms with E-state index in [9.17, 15) is 4.79 Å². The lowest BCUT2D eigenvalue weighted by molar-refractivity contribution is 0.0954. The van der Waals surface area contributed by atoms with Gasteiger partial charge in [-0.2, -0.15) is 5.10 Å². The van der Waals surface area contributed by atoms with E-state index in [1.54, 1.807) is 6.33 Å². The zero-order valence-corrected chi connectivity index (χ0v) is 17.8. The molecule has 0 saturated heterocycles. The summed E-state index contributed by atoms with van der Waals surface area (Å²) in [6.45, 7) is 5.97. The van der Waals surface area contributed by atoms with Crippen LogP contribution < -0.4 is 5.32 Å². The van der Waals surface area contributed by atoms with Gasteiger partial charge in [0.1, 0.15) is 17.8 Å². The molecule has 0 bridgehead atoms. The van der Waals surface area contributed by atoms with Crippen molar-refractivity contribution in [3.8, 4) is 11.3 Å². The molecule has 0 radical (unpaired) electrons. The zero-order chi connectivity index (χ0) is 21.6. The smallest absolute Gasteiger partial charge is 0.255 e. The molecule has 4 rings (SSSR count). The van der Waals surface area contributed by atoms with E-state index < -0.39 is 0 Å². The normalized spacial score (nSPS) is 10.9. The third-order valence-electron chi connectivity index (χ3n) is 5.19. The zero-order valence-electron chi connectivity index (χ0n) is 17.8. The maximum Gasteiger partial charge on any atom is 0.255 e. The maximum absolute atomic E-state index is 13.0. The van der Waals surface area contributed by atoms with Gasteiger partial charge in [-0.3, -0.25) is 9.48 Å². The van der Waals surface area contributed by atoms with Crippen LogP contribution in [0.15, 0.2) is 67.1 Å². The van der Waals surface area contributed by atoms with Gasteiger partial charge in [0.2, 0.25) is 0 Å². The maximum atomic E-state index is 13.0. The summed E-state index contributed by atoms with van der Waals surface area (Å²) < 4.78 is 3.80. The van der Waals surface area contributed by atoms with E-state index >= 15 is 0 Å². The molecule has 0 aliphatic rings. The number of nitrogens with one attached hydrogen (secondary N) is 1. The molecule has 0 unspecified atom stereocenters. The van der Waals surface area contributed by atoms with Crippen molar-refractivity contribution in [2.45, 2.75) is 33.4 Å². The highest BCUT2D eigenvalue weighted by Crippen LogP contribution is 2.23. The Morgan fingerprint density at radius 1 is 1.06 bits per heavy atom. The predicted octanol–water partition coefficient (Wildman–Crippen LogP) is 3.49. The third-order valence-corrected chi connectivity index (χ3v) is 5.19. The lowest BCUT2D eigenvalue weighted by Crippen LogP contribution is -2.26. The fraction of sp³-hybridized carbons (Fsp3) is 0.250. The number of nitrogens with zero attached hydrogens (tertiary/aromatic N) is 5. The van der Waals surface area contributed by atoms with Crippen molar-refractivity contribution in [1.82, 2.24) is 29.9 Å². The summed E-state index contributed by atoms with van der Waals surface area (Å²) >= 11 is 0. The quantitative estimate of drug-likeness (QED) is 0.479. The van der Waals surface area contributed by atoms with Crippen LogP contribution in [0, 0.1) is 6.92 Å². The number of aromatic nitrogens is 5. The van der Waals surface area contributed by atoms with Crippen molar-refractivity contribution in [3.05, 3.63) is 89.6 Å². The number of hydrogen-bond acceptors (Lipinski definition) is 4. The van der Waals surface area contributed by atoms with Crippen LogP contribution in [0.3, 0.4) is 0 Å². The van der Waals surface area contributed by atoms with E-state index in [-0.39, 0.29) is 5.91 Å². The van der Waals surface area contributed by atoms with Gasteiger partial charge < -0.3 is 9.88 Å². The lowest BCUT2D eigenvalue weighted by Gasteiger charge is -2.06. The largest absolute Gasteiger partial charge is 0.351 e. The van der Waals surface area contributed by atoms with Crippen LogP contribution in [-0.4, -0.2) is 37.0 Å².